The number of carboxylic acids is 2. The summed E-state index contributed by atoms with van der Waals surface area (Å²) in [6.45, 7) is 7.58. The van der Waals surface area contributed by atoms with E-state index in [0.717, 1.165) is 67.9 Å². The monoisotopic (exact) mass is 625 g/mol. The van der Waals surface area contributed by atoms with Gasteiger partial charge in [0.25, 0.3) is 5.91 Å². The predicted molar refractivity (Wildman–Crippen MR) is 140 cm³/mol. The number of carbonyl (C=O) groups excluding carboxylic acids is 1. The number of rotatable bonds is 6. The van der Waals surface area contributed by atoms with E-state index in [1.807, 2.05) is 13.8 Å². The fourth-order valence-corrected chi connectivity index (χ4v) is 3.89. The molecule has 0 saturated heterocycles. The number of amides is 1. The van der Waals surface area contributed by atoms with E-state index in [-0.39, 0.29) is 5.91 Å². The zero-order valence-electron chi connectivity index (χ0n) is 23.9. The van der Waals surface area contributed by atoms with Crippen molar-refractivity contribution >= 4 is 23.7 Å². The number of fused-ring (bicyclic) bond motifs is 1. The summed E-state index contributed by atoms with van der Waals surface area (Å²) in [5.41, 5.74) is 5.13. The Morgan fingerprint density at radius 2 is 1.56 bits per heavy atom. The van der Waals surface area contributed by atoms with Crippen LogP contribution < -0.4 is 5.32 Å². The van der Waals surface area contributed by atoms with Gasteiger partial charge in [0.05, 0.1) is 11.3 Å². The van der Waals surface area contributed by atoms with Gasteiger partial charge in [-0.1, -0.05) is 5.16 Å². The summed E-state index contributed by atoms with van der Waals surface area (Å²) >= 11 is 0. The Labute approximate surface area is 242 Å². The second-order valence-corrected chi connectivity index (χ2v) is 10.2. The van der Waals surface area contributed by atoms with Gasteiger partial charge in [-0.05, 0) is 50.7 Å². The van der Waals surface area contributed by atoms with Crippen LogP contribution in [0.3, 0.4) is 0 Å². The molecule has 0 unspecified atom stereocenters. The Morgan fingerprint density at radius 1 is 1.02 bits per heavy atom. The fraction of sp³-hybridized carbons (Fsp3) is 0.577. The molecule has 4 rings (SSSR count). The van der Waals surface area contributed by atoms with E-state index in [2.05, 4.69) is 21.4 Å². The number of hydrogen-bond donors (Lipinski definition) is 3. The number of aliphatic carboxylic acids is 2. The van der Waals surface area contributed by atoms with Gasteiger partial charge in [-0.25, -0.2) is 14.6 Å². The van der Waals surface area contributed by atoms with Crippen molar-refractivity contribution in [2.24, 2.45) is 5.92 Å². The van der Waals surface area contributed by atoms with E-state index in [1.54, 1.807) is 19.0 Å². The second kappa shape index (κ2) is 14.5. The molecule has 17 heteroatoms. The molecule has 3 heterocycles. The summed E-state index contributed by atoms with van der Waals surface area (Å²) < 4.78 is 68.8. The van der Waals surface area contributed by atoms with E-state index in [4.69, 9.17) is 29.3 Å². The second-order valence-electron chi connectivity index (χ2n) is 10.2. The average molecular weight is 626 g/mol. The van der Waals surface area contributed by atoms with Crippen LogP contribution in [-0.2, 0) is 29.0 Å². The maximum atomic E-state index is 12.8. The molecule has 0 radical (unpaired) electrons. The molecule has 0 bridgehead atoms. The standard InChI is InChI=1S/C22H31N5O2.2C2HF3O2/c1-14-19(15(2)29-25-14)13-27-9-7-17-11-18(22(28)26(3)4)21(23-12-16-5-6-16)24-20(17)8-10-27;2*3-2(4,5)1(6)7/h11,16H,5-10,12-13H2,1-4H3,(H,23,24);2*(H,6,7). The Hall–Kier alpha value is -3.89. The Bertz CT molecular complexity index is 1250. The summed E-state index contributed by atoms with van der Waals surface area (Å²) in [4.78, 5) is 39.5. The van der Waals surface area contributed by atoms with Crippen molar-refractivity contribution in [2.75, 3.05) is 39.0 Å². The lowest BCUT2D eigenvalue weighted by Crippen LogP contribution is -2.26. The number of carboxylic acid groups (broad SMARTS) is 2. The average Bonchev–Trinajstić information content (AvgIpc) is 3.70. The van der Waals surface area contributed by atoms with Crippen LogP contribution in [0.1, 0.15) is 51.5 Å². The van der Waals surface area contributed by atoms with Crippen LogP contribution in [0.25, 0.3) is 0 Å². The van der Waals surface area contributed by atoms with E-state index in [0.29, 0.717) is 5.56 Å². The van der Waals surface area contributed by atoms with Gasteiger partial charge in [-0.2, -0.15) is 26.3 Å². The van der Waals surface area contributed by atoms with Crippen molar-refractivity contribution in [3.05, 3.63) is 39.9 Å². The van der Waals surface area contributed by atoms with Crippen molar-refractivity contribution < 1.29 is 55.5 Å². The number of hydrogen-bond acceptors (Lipinski definition) is 8. The molecule has 2 aromatic heterocycles. The summed E-state index contributed by atoms with van der Waals surface area (Å²) in [6.07, 6.45) is -5.85. The number of nitrogens with zero attached hydrogens (tertiary/aromatic N) is 4. The number of nitrogens with one attached hydrogen (secondary N) is 1. The molecule has 1 aliphatic heterocycles. The van der Waals surface area contributed by atoms with Crippen LogP contribution in [-0.4, -0.2) is 94.1 Å². The topological polar surface area (TPSA) is 149 Å². The summed E-state index contributed by atoms with van der Waals surface area (Å²) in [6, 6.07) is 2.07. The van der Waals surface area contributed by atoms with Gasteiger partial charge in [-0.15, -0.1) is 0 Å². The molecule has 1 aliphatic carbocycles. The Balaban J connectivity index is 0.000000384. The minimum absolute atomic E-state index is 0.00965. The third-order valence-corrected chi connectivity index (χ3v) is 6.49. The van der Waals surface area contributed by atoms with Crippen molar-refractivity contribution in [1.82, 2.24) is 19.9 Å². The predicted octanol–water partition coefficient (Wildman–Crippen LogP) is 4.08. The van der Waals surface area contributed by atoms with Crippen LogP contribution in [0.2, 0.25) is 0 Å². The zero-order chi connectivity index (χ0) is 32.7. The van der Waals surface area contributed by atoms with Crippen molar-refractivity contribution in [1.29, 1.82) is 0 Å². The highest BCUT2D eigenvalue weighted by Crippen LogP contribution is 2.30. The first-order chi connectivity index (χ1) is 19.8. The van der Waals surface area contributed by atoms with E-state index in [9.17, 15) is 31.1 Å². The quantitative estimate of drug-likeness (QED) is 0.401. The normalized spacial score (nSPS) is 15.1. The number of aryl methyl sites for hydroxylation is 2. The molecule has 0 atom stereocenters. The highest BCUT2D eigenvalue weighted by Gasteiger charge is 2.39. The van der Waals surface area contributed by atoms with E-state index in [1.165, 1.54) is 24.0 Å². The van der Waals surface area contributed by atoms with Crippen LogP contribution >= 0.6 is 0 Å². The summed E-state index contributed by atoms with van der Waals surface area (Å²) in [5, 5.41) is 21.8. The molecule has 0 spiro atoms. The lowest BCUT2D eigenvalue weighted by Gasteiger charge is -2.19. The SMILES string of the molecule is Cc1noc(C)c1CN1CCc2cc(C(=O)N(C)C)c(NCC3CC3)nc2CC1.O=C(O)C(F)(F)F.O=C(O)C(F)(F)F. The lowest BCUT2D eigenvalue weighted by molar-refractivity contribution is -0.193. The van der Waals surface area contributed by atoms with Gasteiger partial charge in [0.1, 0.15) is 11.6 Å². The molecule has 2 aliphatic rings. The number of pyridine rings is 1. The third kappa shape index (κ3) is 11.0. The first-order valence-electron chi connectivity index (χ1n) is 13.0. The highest BCUT2D eigenvalue weighted by molar-refractivity contribution is 5.98. The molecule has 0 aromatic carbocycles. The number of halogens is 6. The molecule has 1 saturated carbocycles. The fourth-order valence-electron chi connectivity index (χ4n) is 3.89. The Kier molecular flexibility index (Phi) is 11.9. The van der Waals surface area contributed by atoms with Crippen LogP contribution in [0, 0.1) is 19.8 Å². The molecule has 1 fully saturated rings. The molecule has 43 heavy (non-hydrogen) atoms. The number of alkyl halides is 6. The third-order valence-electron chi connectivity index (χ3n) is 6.49. The van der Waals surface area contributed by atoms with Crippen LogP contribution in [0.5, 0.6) is 0 Å². The van der Waals surface area contributed by atoms with Crippen molar-refractivity contribution in [3.63, 3.8) is 0 Å². The van der Waals surface area contributed by atoms with E-state index >= 15 is 0 Å². The summed E-state index contributed by atoms with van der Waals surface area (Å²) in [7, 11) is 3.59. The minimum atomic E-state index is -5.08. The lowest BCUT2D eigenvalue weighted by atomic mass is 10.0. The maximum Gasteiger partial charge on any atom is 0.490 e. The highest BCUT2D eigenvalue weighted by atomic mass is 19.4. The molecule has 2 aromatic rings. The van der Waals surface area contributed by atoms with Gasteiger partial charge in [0, 0.05) is 58.0 Å². The number of anilines is 1. The largest absolute Gasteiger partial charge is 0.490 e. The van der Waals surface area contributed by atoms with Crippen molar-refractivity contribution in [2.45, 2.75) is 58.4 Å². The smallest absolute Gasteiger partial charge is 0.475 e. The van der Waals surface area contributed by atoms with Crippen LogP contribution in [0.4, 0.5) is 32.2 Å². The van der Waals surface area contributed by atoms with Gasteiger partial charge >= 0.3 is 24.3 Å². The molecular formula is C26H33F6N5O6. The first-order valence-corrected chi connectivity index (χ1v) is 13.0. The number of carbonyl (C=O) groups is 3. The molecule has 1 amide bonds. The summed E-state index contributed by atoms with van der Waals surface area (Å²) in [5.74, 6) is -3.14. The molecule has 3 N–H and O–H groups in total. The van der Waals surface area contributed by atoms with Crippen molar-refractivity contribution in [3.8, 4) is 0 Å². The first kappa shape index (κ1) is 35.3. The zero-order valence-corrected chi connectivity index (χ0v) is 23.9. The number of aromatic nitrogens is 2. The Morgan fingerprint density at radius 3 is 2.00 bits per heavy atom. The van der Waals surface area contributed by atoms with Gasteiger partial charge in [0.15, 0.2) is 0 Å². The minimum Gasteiger partial charge on any atom is -0.475 e. The van der Waals surface area contributed by atoms with Gasteiger partial charge < -0.3 is 25.0 Å². The van der Waals surface area contributed by atoms with Crippen LogP contribution in [0.15, 0.2) is 10.6 Å². The molecule has 240 valence electrons. The van der Waals surface area contributed by atoms with E-state index < -0.39 is 24.3 Å². The molecular weight excluding hydrogens is 592 g/mol. The van der Waals surface area contributed by atoms with Gasteiger partial charge in [0.2, 0.25) is 0 Å². The maximum absolute atomic E-state index is 12.8. The van der Waals surface area contributed by atoms with Gasteiger partial charge in [-0.3, -0.25) is 9.69 Å². The molecule has 11 nitrogen and oxygen atoms in total.